The minimum atomic E-state index is 0.758. The Labute approximate surface area is 172 Å². The van der Waals surface area contributed by atoms with E-state index in [9.17, 15) is 0 Å². The van der Waals surface area contributed by atoms with Crippen molar-refractivity contribution in [2.45, 2.75) is 70.8 Å². The summed E-state index contributed by atoms with van der Waals surface area (Å²) >= 11 is 0. The molecule has 1 heterocycles. The van der Waals surface area contributed by atoms with Crippen LogP contribution in [0.15, 0.2) is 30.3 Å². The third-order valence-corrected chi connectivity index (χ3v) is 6.80. The van der Waals surface area contributed by atoms with Gasteiger partial charge < -0.3 is 11.1 Å². The van der Waals surface area contributed by atoms with Crippen LogP contribution in [0, 0.1) is 5.92 Å². The van der Waals surface area contributed by atoms with Gasteiger partial charge in [-0.2, -0.15) is 0 Å². The maximum absolute atomic E-state index is 5.58. The summed E-state index contributed by atoms with van der Waals surface area (Å²) in [5.41, 5.74) is 10.1. The summed E-state index contributed by atoms with van der Waals surface area (Å²) in [7, 11) is 0. The molecule has 0 bridgehead atoms. The fourth-order valence-corrected chi connectivity index (χ4v) is 4.90. The zero-order valence-electron chi connectivity index (χ0n) is 18.0. The molecular weight excluding hydrogens is 342 g/mol. The van der Waals surface area contributed by atoms with Crippen LogP contribution in [-0.4, -0.2) is 43.7 Å². The second-order valence-electron chi connectivity index (χ2n) is 8.75. The number of benzene rings is 1. The second kappa shape index (κ2) is 11.7. The quantitative estimate of drug-likeness (QED) is 0.580. The number of hydrogen-bond donors (Lipinski definition) is 2. The van der Waals surface area contributed by atoms with Crippen LogP contribution in [0.3, 0.4) is 0 Å². The van der Waals surface area contributed by atoms with Gasteiger partial charge in [-0.15, -0.1) is 0 Å². The highest BCUT2D eigenvalue weighted by atomic mass is 15.1. The molecule has 0 radical (unpaired) electrons. The van der Waals surface area contributed by atoms with E-state index in [1.54, 1.807) is 5.57 Å². The van der Waals surface area contributed by atoms with Gasteiger partial charge in [0.1, 0.15) is 0 Å². The first-order chi connectivity index (χ1) is 13.8. The fourth-order valence-electron chi connectivity index (χ4n) is 4.90. The van der Waals surface area contributed by atoms with E-state index < -0.39 is 0 Å². The van der Waals surface area contributed by atoms with E-state index in [1.165, 1.54) is 69.2 Å². The maximum Gasteiger partial charge on any atom is 0.0169 e. The van der Waals surface area contributed by atoms with Crippen LogP contribution in [0.2, 0.25) is 0 Å². The van der Waals surface area contributed by atoms with Crippen LogP contribution < -0.4 is 11.1 Å². The summed E-state index contributed by atoms with van der Waals surface area (Å²) in [5, 5.41) is 3.74. The number of nitrogens with one attached hydrogen (secondary N) is 1. The number of rotatable bonds is 10. The summed E-state index contributed by atoms with van der Waals surface area (Å²) < 4.78 is 0. The predicted molar refractivity (Wildman–Crippen MR) is 122 cm³/mol. The highest BCUT2D eigenvalue weighted by molar-refractivity contribution is 5.69. The molecule has 0 spiro atoms. The molecule has 1 aliphatic carbocycles. The van der Waals surface area contributed by atoms with Gasteiger partial charge in [-0.1, -0.05) is 37.3 Å². The molecule has 1 aliphatic heterocycles. The molecule has 0 saturated heterocycles. The topological polar surface area (TPSA) is 41.3 Å². The molecule has 3 nitrogen and oxygen atoms in total. The number of unbranched alkanes of at least 4 members (excludes halogenated alkanes) is 1. The van der Waals surface area contributed by atoms with Crippen LogP contribution in [0.25, 0.3) is 5.57 Å². The third-order valence-electron chi connectivity index (χ3n) is 6.80. The Balaban J connectivity index is 1.35. The smallest absolute Gasteiger partial charge is 0.0169 e. The average Bonchev–Trinajstić information content (AvgIpc) is 2.76. The number of aryl methyl sites for hydroxylation is 1. The molecule has 156 valence electrons. The molecule has 3 N–H and O–H groups in total. The van der Waals surface area contributed by atoms with Crippen molar-refractivity contribution >= 4 is 5.57 Å². The van der Waals surface area contributed by atoms with E-state index in [-0.39, 0.29) is 0 Å². The van der Waals surface area contributed by atoms with Gasteiger partial charge >= 0.3 is 0 Å². The molecule has 3 rings (SSSR count). The molecule has 1 aromatic rings. The Morgan fingerprint density at radius 1 is 1.11 bits per heavy atom. The molecule has 0 amide bonds. The molecule has 1 fully saturated rings. The molecule has 0 aromatic heterocycles. The van der Waals surface area contributed by atoms with Gasteiger partial charge in [0.25, 0.3) is 0 Å². The lowest BCUT2D eigenvalue weighted by Crippen LogP contribution is -2.35. The summed E-state index contributed by atoms with van der Waals surface area (Å²) in [6, 6.07) is 9.70. The van der Waals surface area contributed by atoms with Crippen molar-refractivity contribution in [3.05, 3.63) is 41.5 Å². The molecule has 1 aromatic carbocycles. The first-order valence-electron chi connectivity index (χ1n) is 11.7. The lowest BCUT2D eigenvalue weighted by Gasteiger charge is -2.32. The predicted octanol–water partition coefficient (Wildman–Crippen LogP) is 4.62. The lowest BCUT2D eigenvalue weighted by molar-refractivity contribution is 0.229. The molecule has 0 atom stereocenters. The van der Waals surface area contributed by atoms with Gasteiger partial charge in [-0.25, -0.2) is 0 Å². The van der Waals surface area contributed by atoms with Crippen LogP contribution in [0.1, 0.15) is 69.4 Å². The molecule has 3 heteroatoms. The third kappa shape index (κ3) is 6.43. The summed E-state index contributed by atoms with van der Waals surface area (Å²) in [6.45, 7) is 7.87. The van der Waals surface area contributed by atoms with Crippen LogP contribution >= 0.6 is 0 Å². The van der Waals surface area contributed by atoms with Gasteiger partial charge in [0.15, 0.2) is 0 Å². The summed E-state index contributed by atoms with van der Waals surface area (Å²) in [5.74, 6) is 0.938. The van der Waals surface area contributed by atoms with Crippen LogP contribution in [0.4, 0.5) is 0 Å². The van der Waals surface area contributed by atoms with Crippen molar-refractivity contribution < 1.29 is 0 Å². The molecular formula is C25H41N3. The maximum atomic E-state index is 5.58. The first-order valence-corrected chi connectivity index (χ1v) is 11.7. The van der Waals surface area contributed by atoms with Crippen LogP contribution in [-0.2, 0) is 6.42 Å². The van der Waals surface area contributed by atoms with E-state index in [1.807, 2.05) is 0 Å². The Hall–Kier alpha value is -1.16. The van der Waals surface area contributed by atoms with E-state index in [0.29, 0.717) is 0 Å². The monoisotopic (exact) mass is 383 g/mol. The van der Waals surface area contributed by atoms with Crippen molar-refractivity contribution in [2.75, 3.05) is 32.7 Å². The molecule has 1 saturated carbocycles. The van der Waals surface area contributed by atoms with E-state index in [4.69, 9.17) is 5.73 Å². The number of hydrogen-bond acceptors (Lipinski definition) is 3. The lowest BCUT2D eigenvalue weighted by atomic mass is 9.84. The number of nitrogens with zero attached hydrogens (tertiary/aromatic N) is 1. The zero-order valence-corrected chi connectivity index (χ0v) is 18.0. The highest BCUT2D eigenvalue weighted by Crippen LogP contribution is 2.29. The molecule has 2 aliphatic rings. The minimum Gasteiger partial charge on any atom is -0.330 e. The van der Waals surface area contributed by atoms with Crippen molar-refractivity contribution in [1.82, 2.24) is 10.2 Å². The Morgan fingerprint density at radius 3 is 2.64 bits per heavy atom. The van der Waals surface area contributed by atoms with E-state index >= 15 is 0 Å². The summed E-state index contributed by atoms with van der Waals surface area (Å²) in [4.78, 5) is 2.66. The van der Waals surface area contributed by atoms with Crippen molar-refractivity contribution in [3.63, 3.8) is 0 Å². The Bertz CT molecular complexity index is 602. The van der Waals surface area contributed by atoms with E-state index in [0.717, 1.165) is 44.4 Å². The average molecular weight is 384 g/mol. The van der Waals surface area contributed by atoms with Crippen LogP contribution in [0.5, 0.6) is 0 Å². The number of nitrogens with two attached hydrogens (primary N) is 1. The van der Waals surface area contributed by atoms with Gasteiger partial charge in [0.05, 0.1) is 0 Å². The summed E-state index contributed by atoms with van der Waals surface area (Å²) in [6.07, 6.45) is 14.1. The molecule has 28 heavy (non-hydrogen) atoms. The van der Waals surface area contributed by atoms with E-state index in [2.05, 4.69) is 47.5 Å². The van der Waals surface area contributed by atoms with Crippen molar-refractivity contribution in [2.24, 2.45) is 11.7 Å². The zero-order chi connectivity index (χ0) is 19.6. The Kier molecular flexibility index (Phi) is 9.04. The van der Waals surface area contributed by atoms with Gasteiger partial charge in [-0.3, -0.25) is 4.90 Å². The largest absolute Gasteiger partial charge is 0.330 e. The first kappa shape index (κ1) is 21.5. The Morgan fingerprint density at radius 2 is 1.93 bits per heavy atom. The normalized spacial score (nSPS) is 23.6. The minimum absolute atomic E-state index is 0.758. The van der Waals surface area contributed by atoms with Crippen molar-refractivity contribution in [3.8, 4) is 0 Å². The SMILES string of the molecule is CCc1ccccc1C1=CCN(CC[C@H]2CC[C@H](NCCCCN)CC2)CC1. The second-order valence-corrected chi connectivity index (χ2v) is 8.75. The standard InChI is InChI=1S/C25H41N3/c1-2-22-7-3-4-8-25(22)23-14-19-28(20-15-23)18-13-21-9-11-24(12-10-21)27-17-6-5-16-26/h3-4,7-8,14,21,24,27H,2,5-6,9-13,15-20,26H2,1H3/t21-,24-. The van der Waals surface area contributed by atoms with Crippen molar-refractivity contribution in [1.29, 1.82) is 0 Å². The highest BCUT2D eigenvalue weighted by Gasteiger charge is 2.22. The van der Waals surface area contributed by atoms with Gasteiger partial charge in [-0.05, 0) is 100 Å². The van der Waals surface area contributed by atoms with Gasteiger partial charge in [0, 0.05) is 19.1 Å². The van der Waals surface area contributed by atoms with Gasteiger partial charge in [0.2, 0.25) is 0 Å². The fraction of sp³-hybridized carbons (Fsp3) is 0.680. The molecule has 0 unspecified atom stereocenters.